The second-order valence-electron chi connectivity index (χ2n) is 4.77. The lowest BCUT2D eigenvalue weighted by atomic mass is 10.1. The first-order valence-corrected chi connectivity index (χ1v) is 6.55. The predicted molar refractivity (Wildman–Crippen MR) is 80.9 cm³/mol. The molecule has 0 radical (unpaired) electrons. The highest BCUT2D eigenvalue weighted by molar-refractivity contribution is 6.01. The molecule has 2 aromatic carbocycles. The molecule has 1 atom stereocenters. The van der Waals surface area contributed by atoms with Gasteiger partial charge in [-0.05, 0) is 48.9 Å². The first-order chi connectivity index (χ1) is 9.97. The molecule has 2 amide bonds. The maximum absolute atomic E-state index is 12.9. The largest absolute Gasteiger partial charge is 0.389 e. The van der Waals surface area contributed by atoms with E-state index in [9.17, 15) is 14.3 Å². The van der Waals surface area contributed by atoms with Gasteiger partial charge in [0.15, 0.2) is 0 Å². The zero-order valence-electron chi connectivity index (χ0n) is 11.9. The van der Waals surface area contributed by atoms with E-state index in [0.717, 1.165) is 5.56 Å². The topological polar surface area (TPSA) is 52.6 Å². The van der Waals surface area contributed by atoms with Crippen LogP contribution in [0.5, 0.6) is 0 Å². The summed E-state index contributed by atoms with van der Waals surface area (Å²) >= 11 is 0. The quantitative estimate of drug-likeness (QED) is 0.907. The number of nitrogens with one attached hydrogen (secondary N) is 1. The number of carbonyl (C=O) groups is 1. The molecule has 110 valence electrons. The second-order valence-corrected chi connectivity index (χ2v) is 4.77. The van der Waals surface area contributed by atoms with Crippen LogP contribution in [0.15, 0.2) is 48.5 Å². The van der Waals surface area contributed by atoms with Crippen LogP contribution in [0.2, 0.25) is 0 Å². The Balaban J connectivity index is 2.10. The minimum atomic E-state index is -0.600. The molecule has 21 heavy (non-hydrogen) atoms. The van der Waals surface area contributed by atoms with Crippen molar-refractivity contribution in [3.05, 3.63) is 59.9 Å². The summed E-state index contributed by atoms with van der Waals surface area (Å²) in [6, 6.07) is 12.3. The molecule has 0 heterocycles. The molecule has 0 aliphatic rings. The third kappa shape index (κ3) is 3.79. The molecule has 2 rings (SSSR count). The van der Waals surface area contributed by atoms with E-state index in [0.29, 0.717) is 11.4 Å². The summed E-state index contributed by atoms with van der Waals surface area (Å²) in [5, 5.41) is 12.3. The molecule has 0 fully saturated rings. The summed E-state index contributed by atoms with van der Waals surface area (Å²) in [5.41, 5.74) is 1.89. The summed E-state index contributed by atoms with van der Waals surface area (Å²) in [6.07, 6.45) is -0.600. The number of halogens is 1. The Labute approximate surface area is 122 Å². The van der Waals surface area contributed by atoms with E-state index in [4.69, 9.17) is 0 Å². The molecule has 4 nitrogen and oxygen atoms in total. The number of urea groups is 1. The van der Waals surface area contributed by atoms with Crippen molar-refractivity contribution in [2.24, 2.45) is 0 Å². The van der Waals surface area contributed by atoms with Gasteiger partial charge in [0.2, 0.25) is 0 Å². The van der Waals surface area contributed by atoms with Gasteiger partial charge in [0, 0.05) is 18.4 Å². The average molecular weight is 288 g/mol. The van der Waals surface area contributed by atoms with Gasteiger partial charge in [-0.2, -0.15) is 0 Å². The van der Waals surface area contributed by atoms with Crippen molar-refractivity contribution in [2.75, 3.05) is 17.3 Å². The Morgan fingerprint density at radius 2 is 1.90 bits per heavy atom. The maximum Gasteiger partial charge on any atom is 0.326 e. The zero-order valence-corrected chi connectivity index (χ0v) is 11.9. The Hall–Kier alpha value is -2.40. The molecular weight excluding hydrogens is 271 g/mol. The molecule has 5 heteroatoms. The smallest absolute Gasteiger partial charge is 0.326 e. The number of hydrogen-bond donors (Lipinski definition) is 2. The lowest BCUT2D eigenvalue weighted by molar-refractivity contribution is 0.199. The summed E-state index contributed by atoms with van der Waals surface area (Å²) in [7, 11) is 1.60. The highest BCUT2D eigenvalue weighted by Gasteiger charge is 2.11. The monoisotopic (exact) mass is 288 g/mol. The molecule has 0 aliphatic heterocycles. The van der Waals surface area contributed by atoms with Crippen molar-refractivity contribution >= 4 is 17.4 Å². The number of amides is 2. The number of rotatable bonds is 3. The van der Waals surface area contributed by atoms with Crippen molar-refractivity contribution in [1.82, 2.24) is 0 Å². The highest BCUT2D eigenvalue weighted by atomic mass is 19.1. The van der Waals surface area contributed by atoms with Crippen LogP contribution in [0.25, 0.3) is 0 Å². The fourth-order valence-electron chi connectivity index (χ4n) is 1.87. The summed E-state index contributed by atoms with van der Waals surface area (Å²) in [6.45, 7) is 1.66. The van der Waals surface area contributed by atoms with Gasteiger partial charge >= 0.3 is 6.03 Å². The van der Waals surface area contributed by atoms with Gasteiger partial charge in [-0.3, -0.25) is 4.90 Å². The Morgan fingerprint density at radius 1 is 1.24 bits per heavy atom. The van der Waals surface area contributed by atoms with Gasteiger partial charge in [-0.25, -0.2) is 9.18 Å². The van der Waals surface area contributed by atoms with Crippen molar-refractivity contribution in [3.63, 3.8) is 0 Å². The van der Waals surface area contributed by atoms with E-state index in [1.54, 1.807) is 38.2 Å². The van der Waals surface area contributed by atoms with Crippen LogP contribution in [-0.2, 0) is 0 Å². The van der Waals surface area contributed by atoms with E-state index in [1.165, 1.54) is 29.2 Å². The van der Waals surface area contributed by atoms with Crippen LogP contribution in [0.1, 0.15) is 18.6 Å². The number of benzene rings is 2. The van der Waals surface area contributed by atoms with E-state index in [-0.39, 0.29) is 11.8 Å². The normalized spacial score (nSPS) is 11.8. The standard InChI is InChI=1S/C16H17FN2O2/c1-11(20)12-4-3-5-14(10-12)18-16(21)19(2)15-8-6-13(17)7-9-15/h3-11,20H,1-2H3,(H,18,21). The molecule has 2 aromatic rings. The Kier molecular flexibility index (Phi) is 4.55. The molecule has 0 saturated heterocycles. The maximum atomic E-state index is 12.9. The minimum absolute atomic E-state index is 0.343. The second kappa shape index (κ2) is 6.37. The summed E-state index contributed by atoms with van der Waals surface area (Å²) in [4.78, 5) is 13.5. The molecular formula is C16H17FN2O2. The van der Waals surface area contributed by atoms with Gasteiger partial charge in [0.1, 0.15) is 5.82 Å². The lowest BCUT2D eigenvalue weighted by Crippen LogP contribution is -2.31. The number of aliphatic hydroxyl groups is 1. The van der Waals surface area contributed by atoms with Crippen molar-refractivity contribution in [3.8, 4) is 0 Å². The fraction of sp³-hybridized carbons (Fsp3) is 0.188. The molecule has 2 N–H and O–H groups in total. The highest BCUT2D eigenvalue weighted by Crippen LogP contribution is 2.19. The summed E-state index contributed by atoms with van der Waals surface area (Å²) in [5.74, 6) is -0.350. The summed E-state index contributed by atoms with van der Waals surface area (Å²) < 4.78 is 12.9. The number of carbonyl (C=O) groups excluding carboxylic acids is 1. The van der Waals surface area contributed by atoms with Gasteiger partial charge in [0.05, 0.1) is 6.10 Å². The van der Waals surface area contributed by atoms with E-state index in [1.807, 2.05) is 0 Å². The molecule has 0 saturated carbocycles. The van der Waals surface area contributed by atoms with Gasteiger partial charge in [-0.15, -0.1) is 0 Å². The number of anilines is 2. The van der Waals surface area contributed by atoms with Crippen LogP contribution in [-0.4, -0.2) is 18.2 Å². The zero-order chi connectivity index (χ0) is 15.4. The number of nitrogens with zero attached hydrogens (tertiary/aromatic N) is 1. The SMILES string of the molecule is CC(O)c1cccc(NC(=O)N(C)c2ccc(F)cc2)c1. The number of aliphatic hydroxyl groups excluding tert-OH is 1. The van der Waals surface area contributed by atoms with E-state index >= 15 is 0 Å². The van der Waals surface area contributed by atoms with Crippen LogP contribution < -0.4 is 10.2 Å². The van der Waals surface area contributed by atoms with E-state index < -0.39 is 6.10 Å². The van der Waals surface area contributed by atoms with Gasteiger partial charge in [0.25, 0.3) is 0 Å². The third-order valence-corrected chi connectivity index (χ3v) is 3.14. The van der Waals surface area contributed by atoms with Crippen LogP contribution in [0.3, 0.4) is 0 Å². The molecule has 0 aromatic heterocycles. The Morgan fingerprint density at radius 3 is 2.52 bits per heavy atom. The van der Waals surface area contributed by atoms with Crippen molar-refractivity contribution < 1.29 is 14.3 Å². The predicted octanol–water partition coefficient (Wildman–Crippen LogP) is 3.55. The third-order valence-electron chi connectivity index (χ3n) is 3.14. The minimum Gasteiger partial charge on any atom is -0.389 e. The lowest BCUT2D eigenvalue weighted by Gasteiger charge is -2.18. The molecule has 0 aliphatic carbocycles. The van der Waals surface area contributed by atoms with Crippen LogP contribution in [0.4, 0.5) is 20.6 Å². The Bertz CT molecular complexity index is 626. The van der Waals surface area contributed by atoms with Crippen molar-refractivity contribution in [2.45, 2.75) is 13.0 Å². The van der Waals surface area contributed by atoms with Crippen molar-refractivity contribution in [1.29, 1.82) is 0 Å². The first-order valence-electron chi connectivity index (χ1n) is 6.55. The fourth-order valence-corrected chi connectivity index (χ4v) is 1.87. The van der Waals surface area contributed by atoms with Crippen LogP contribution >= 0.6 is 0 Å². The first kappa shape index (κ1) is 15.0. The molecule has 0 bridgehead atoms. The van der Waals surface area contributed by atoms with Crippen LogP contribution in [0, 0.1) is 5.82 Å². The average Bonchev–Trinajstić information content (AvgIpc) is 2.47. The van der Waals surface area contributed by atoms with Gasteiger partial charge in [-0.1, -0.05) is 12.1 Å². The van der Waals surface area contributed by atoms with E-state index in [2.05, 4.69) is 5.32 Å². The molecule has 0 spiro atoms. The molecule has 1 unspecified atom stereocenters. The van der Waals surface area contributed by atoms with Gasteiger partial charge < -0.3 is 10.4 Å². The number of hydrogen-bond acceptors (Lipinski definition) is 2.